The molecule has 0 amide bonds. The zero-order chi connectivity index (χ0) is 35.2. The van der Waals surface area contributed by atoms with Crippen LogP contribution in [0.3, 0.4) is 0 Å². The van der Waals surface area contributed by atoms with Crippen LogP contribution < -0.4 is 4.72 Å². The minimum absolute atomic E-state index is 0.0133. The number of hydrogen-bond donors (Lipinski definition) is 2. The summed E-state index contributed by atoms with van der Waals surface area (Å²) >= 11 is 1.53. The van der Waals surface area contributed by atoms with Crippen LogP contribution >= 0.6 is 11.8 Å². The molecule has 5 aromatic carbocycles. The van der Waals surface area contributed by atoms with E-state index in [9.17, 15) is 13.5 Å². The number of para-hydroxylation sites is 1. The number of rotatable bonds is 12. The molecule has 12 heteroatoms. The summed E-state index contributed by atoms with van der Waals surface area (Å²) in [6.45, 7) is 2.24. The minimum atomic E-state index is -3.67. The zero-order valence-electron chi connectivity index (χ0n) is 27.8. The molecule has 0 saturated carbocycles. The number of aliphatic hydroxyl groups excluding tert-OH is 1. The first kappa shape index (κ1) is 34.7. The van der Waals surface area contributed by atoms with Crippen molar-refractivity contribution in [2.24, 2.45) is 5.92 Å². The molecule has 4 unspecified atom stereocenters. The van der Waals surface area contributed by atoms with Crippen molar-refractivity contribution in [2.45, 2.75) is 48.6 Å². The van der Waals surface area contributed by atoms with Crippen LogP contribution in [0.4, 0.5) is 0 Å². The van der Waals surface area contributed by atoms with E-state index in [2.05, 4.69) is 27.2 Å². The monoisotopic (exact) mass is 719 g/mol. The third-order valence-corrected chi connectivity index (χ3v) is 11.4. The first-order valence-electron chi connectivity index (χ1n) is 16.6. The molecule has 1 aromatic heterocycles. The number of aromatic nitrogens is 4. The maximum absolute atomic E-state index is 12.9. The number of tetrazole rings is 1. The van der Waals surface area contributed by atoms with Crippen molar-refractivity contribution < 1.29 is 23.0 Å². The molecule has 4 atom stereocenters. The number of aliphatic hydroxyl groups is 1. The Bertz CT molecular complexity index is 2150. The first-order valence-corrected chi connectivity index (χ1v) is 19.1. The van der Waals surface area contributed by atoms with Gasteiger partial charge in [-0.25, -0.2) is 13.1 Å². The molecule has 2 heterocycles. The highest BCUT2D eigenvalue weighted by Crippen LogP contribution is 2.43. The fourth-order valence-corrected chi connectivity index (χ4v) is 8.18. The molecule has 1 aliphatic heterocycles. The van der Waals surface area contributed by atoms with E-state index in [0.717, 1.165) is 39.1 Å². The Hall–Kier alpha value is -4.69. The molecule has 260 valence electrons. The number of sulfonamides is 1. The second-order valence-corrected chi connectivity index (χ2v) is 15.0. The normalized spacial score (nSPS) is 19.2. The summed E-state index contributed by atoms with van der Waals surface area (Å²) in [5.41, 5.74) is 6.28. The Labute approximate surface area is 301 Å². The van der Waals surface area contributed by atoms with Gasteiger partial charge in [0, 0.05) is 23.8 Å². The van der Waals surface area contributed by atoms with E-state index in [1.807, 2.05) is 103 Å². The van der Waals surface area contributed by atoms with E-state index in [4.69, 9.17) is 9.47 Å². The Morgan fingerprint density at radius 3 is 2.20 bits per heavy atom. The quantitative estimate of drug-likeness (QED) is 0.130. The highest BCUT2D eigenvalue weighted by molar-refractivity contribution is 7.99. The molecule has 1 fully saturated rings. The second-order valence-electron chi connectivity index (χ2n) is 12.3. The van der Waals surface area contributed by atoms with Gasteiger partial charge in [-0.15, -0.1) is 5.10 Å². The standard InChI is InChI=1S/C39H37N5O5S2/c1-27-36(26-50-39-41-42-43-44(39)33-11-4-2-5-12-33)48-38(49-37(27)30-18-16-28(25-45)17-19-30)31-22-20-29(21-23-31)35-15-9-8-10-32(35)24-40-51(46,47)34-13-6-3-7-14-34/h2-23,27,36-38,40,45H,24-26H2,1H3. The van der Waals surface area contributed by atoms with E-state index in [1.165, 1.54) is 11.8 Å². The van der Waals surface area contributed by atoms with Gasteiger partial charge < -0.3 is 14.6 Å². The van der Waals surface area contributed by atoms with Crippen LogP contribution in [0.1, 0.15) is 41.6 Å². The lowest BCUT2D eigenvalue weighted by atomic mass is 9.91. The highest BCUT2D eigenvalue weighted by Gasteiger charge is 2.38. The lowest BCUT2D eigenvalue weighted by Gasteiger charge is -2.41. The number of nitrogens with one attached hydrogen (secondary N) is 1. The van der Waals surface area contributed by atoms with Gasteiger partial charge in [0.15, 0.2) is 6.29 Å². The first-order chi connectivity index (χ1) is 24.9. The van der Waals surface area contributed by atoms with Crippen molar-refractivity contribution in [3.05, 3.63) is 156 Å². The van der Waals surface area contributed by atoms with Gasteiger partial charge in [-0.3, -0.25) is 0 Å². The van der Waals surface area contributed by atoms with Crippen molar-refractivity contribution in [1.29, 1.82) is 0 Å². The fourth-order valence-electron chi connectivity index (χ4n) is 6.10. The molecule has 0 radical (unpaired) electrons. The third kappa shape index (κ3) is 7.96. The topological polar surface area (TPSA) is 128 Å². The van der Waals surface area contributed by atoms with Crippen LogP contribution in [0.2, 0.25) is 0 Å². The van der Waals surface area contributed by atoms with Gasteiger partial charge >= 0.3 is 0 Å². The predicted octanol–water partition coefficient (Wildman–Crippen LogP) is 6.88. The Morgan fingerprint density at radius 2 is 1.47 bits per heavy atom. The average molecular weight is 720 g/mol. The minimum Gasteiger partial charge on any atom is -0.392 e. The molecular weight excluding hydrogens is 683 g/mol. The van der Waals surface area contributed by atoms with Gasteiger partial charge in [-0.05, 0) is 62.5 Å². The number of nitrogens with zero attached hydrogens (tertiary/aromatic N) is 4. The summed E-state index contributed by atoms with van der Waals surface area (Å²) in [4.78, 5) is 0.225. The van der Waals surface area contributed by atoms with E-state index in [-0.39, 0.29) is 36.2 Å². The van der Waals surface area contributed by atoms with Gasteiger partial charge in [0.05, 0.1) is 29.4 Å². The summed E-state index contributed by atoms with van der Waals surface area (Å²) in [7, 11) is -3.67. The molecule has 0 aliphatic carbocycles. The lowest BCUT2D eigenvalue weighted by molar-refractivity contribution is -0.268. The van der Waals surface area contributed by atoms with Gasteiger partial charge in [0.1, 0.15) is 0 Å². The number of thioether (sulfide) groups is 1. The van der Waals surface area contributed by atoms with E-state index in [1.54, 1.807) is 35.0 Å². The van der Waals surface area contributed by atoms with Crippen molar-refractivity contribution >= 4 is 21.8 Å². The third-order valence-electron chi connectivity index (χ3n) is 8.96. The summed E-state index contributed by atoms with van der Waals surface area (Å²) in [5.74, 6) is 0.574. The van der Waals surface area contributed by atoms with E-state index >= 15 is 0 Å². The number of benzene rings is 5. The van der Waals surface area contributed by atoms with Crippen molar-refractivity contribution in [2.75, 3.05) is 5.75 Å². The predicted molar refractivity (Wildman–Crippen MR) is 195 cm³/mol. The van der Waals surface area contributed by atoms with E-state index in [0.29, 0.717) is 10.9 Å². The number of hydrogen-bond acceptors (Lipinski definition) is 9. The summed E-state index contributed by atoms with van der Waals surface area (Å²) in [6, 6.07) is 41.7. The van der Waals surface area contributed by atoms with Crippen LogP contribution in [0.5, 0.6) is 0 Å². The largest absolute Gasteiger partial charge is 0.392 e. The molecule has 2 N–H and O–H groups in total. The number of ether oxygens (including phenoxy) is 2. The van der Waals surface area contributed by atoms with Gasteiger partial charge in [-0.2, -0.15) is 4.68 Å². The molecule has 10 nitrogen and oxygen atoms in total. The summed E-state index contributed by atoms with van der Waals surface area (Å²) < 4.78 is 43.6. The van der Waals surface area contributed by atoms with Crippen LogP contribution in [-0.2, 0) is 32.6 Å². The summed E-state index contributed by atoms with van der Waals surface area (Å²) in [6.07, 6.45) is -1.14. The van der Waals surface area contributed by atoms with Crippen LogP contribution in [0.25, 0.3) is 16.8 Å². The molecule has 1 aliphatic rings. The van der Waals surface area contributed by atoms with Crippen LogP contribution in [-0.4, -0.2) is 45.6 Å². The van der Waals surface area contributed by atoms with Gasteiger partial charge in [0.25, 0.3) is 0 Å². The molecule has 6 aromatic rings. The second kappa shape index (κ2) is 15.7. The molecule has 0 bridgehead atoms. The zero-order valence-corrected chi connectivity index (χ0v) is 29.5. The Morgan fingerprint density at radius 1 is 0.804 bits per heavy atom. The van der Waals surface area contributed by atoms with Gasteiger partial charge in [-0.1, -0.05) is 128 Å². The highest BCUT2D eigenvalue weighted by atomic mass is 32.2. The maximum Gasteiger partial charge on any atom is 0.240 e. The lowest BCUT2D eigenvalue weighted by Crippen LogP contribution is -2.38. The van der Waals surface area contributed by atoms with Crippen molar-refractivity contribution in [3.8, 4) is 16.8 Å². The van der Waals surface area contributed by atoms with Gasteiger partial charge in [0.2, 0.25) is 15.2 Å². The summed E-state index contributed by atoms with van der Waals surface area (Å²) in [5, 5.41) is 22.7. The smallest absolute Gasteiger partial charge is 0.240 e. The van der Waals surface area contributed by atoms with Crippen LogP contribution in [0, 0.1) is 5.92 Å². The molecule has 0 spiro atoms. The fraction of sp³-hybridized carbons (Fsp3) is 0.205. The Kier molecular flexibility index (Phi) is 10.7. The van der Waals surface area contributed by atoms with E-state index < -0.39 is 16.3 Å². The van der Waals surface area contributed by atoms with Crippen molar-refractivity contribution in [3.63, 3.8) is 0 Å². The SMILES string of the molecule is CC1C(CSc2nnnn2-c2ccccc2)OC(c2ccc(-c3ccccc3CNS(=O)(=O)c3ccccc3)cc2)OC1c1ccc(CO)cc1. The average Bonchev–Trinajstić information content (AvgIpc) is 3.66. The molecule has 1 saturated heterocycles. The molecule has 51 heavy (non-hydrogen) atoms. The van der Waals surface area contributed by atoms with Crippen molar-refractivity contribution in [1.82, 2.24) is 24.9 Å². The maximum atomic E-state index is 12.9. The Balaban J connectivity index is 1.12. The molecule has 7 rings (SSSR count). The molecular formula is C39H37N5O5S2. The van der Waals surface area contributed by atoms with Crippen LogP contribution in [0.15, 0.2) is 144 Å².